The van der Waals surface area contributed by atoms with E-state index in [1.165, 1.54) is 11.1 Å². The first-order valence-corrected chi connectivity index (χ1v) is 10.2. The molecule has 0 radical (unpaired) electrons. The monoisotopic (exact) mass is 391 g/mol. The fourth-order valence-corrected chi connectivity index (χ4v) is 3.27. The summed E-state index contributed by atoms with van der Waals surface area (Å²) in [6, 6.07) is 31.3. The standard InChI is InChI=1S/C27H25N3/c1-19(2)26(28)30-27-25(23-11-7-4-8-12-23)17-24(18-29-27)22-15-13-21(14-16-22)20-9-5-3-6-10-20/h3-19H,1-2H3,(H2,28,29,30). The SMILES string of the molecule is CC(C)/C(N)=N/c1ncc(-c2ccc(-c3ccccc3)cc2)cc1-c1ccccc1. The Kier molecular flexibility index (Phi) is 5.71. The van der Waals surface area contributed by atoms with Crippen molar-refractivity contribution in [3.8, 4) is 33.4 Å². The van der Waals surface area contributed by atoms with Gasteiger partial charge in [-0.25, -0.2) is 9.98 Å². The van der Waals surface area contributed by atoms with E-state index in [0.29, 0.717) is 11.7 Å². The van der Waals surface area contributed by atoms with Crippen LogP contribution in [0.4, 0.5) is 5.82 Å². The van der Waals surface area contributed by atoms with Crippen molar-refractivity contribution >= 4 is 11.7 Å². The first-order valence-electron chi connectivity index (χ1n) is 10.2. The predicted octanol–water partition coefficient (Wildman–Crippen LogP) is 6.73. The van der Waals surface area contributed by atoms with Crippen LogP contribution in [0.15, 0.2) is 102 Å². The van der Waals surface area contributed by atoms with Crippen molar-refractivity contribution in [2.75, 3.05) is 0 Å². The number of pyridine rings is 1. The summed E-state index contributed by atoms with van der Waals surface area (Å²) in [7, 11) is 0. The summed E-state index contributed by atoms with van der Waals surface area (Å²) in [5.41, 5.74) is 12.7. The number of aromatic nitrogens is 1. The van der Waals surface area contributed by atoms with Crippen LogP contribution in [0.25, 0.3) is 33.4 Å². The number of hydrogen-bond acceptors (Lipinski definition) is 2. The normalized spacial score (nSPS) is 11.6. The van der Waals surface area contributed by atoms with E-state index in [0.717, 1.165) is 22.3 Å². The zero-order valence-corrected chi connectivity index (χ0v) is 17.3. The average molecular weight is 392 g/mol. The van der Waals surface area contributed by atoms with Gasteiger partial charge in [-0.05, 0) is 28.3 Å². The second kappa shape index (κ2) is 8.75. The number of nitrogens with zero attached hydrogens (tertiary/aromatic N) is 2. The molecule has 30 heavy (non-hydrogen) atoms. The number of amidine groups is 1. The minimum Gasteiger partial charge on any atom is -0.387 e. The van der Waals surface area contributed by atoms with Crippen molar-refractivity contribution < 1.29 is 0 Å². The van der Waals surface area contributed by atoms with Crippen molar-refractivity contribution in [3.63, 3.8) is 0 Å². The minimum absolute atomic E-state index is 0.167. The summed E-state index contributed by atoms with van der Waals surface area (Å²) in [5, 5.41) is 0. The average Bonchev–Trinajstić information content (AvgIpc) is 2.80. The van der Waals surface area contributed by atoms with Crippen LogP contribution in [0.5, 0.6) is 0 Å². The summed E-state index contributed by atoms with van der Waals surface area (Å²) >= 11 is 0. The molecular weight excluding hydrogens is 366 g/mol. The molecule has 2 N–H and O–H groups in total. The zero-order valence-electron chi connectivity index (χ0n) is 17.3. The Labute approximate surface area is 178 Å². The molecule has 0 saturated heterocycles. The van der Waals surface area contributed by atoms with Crippen molar-refractivity contribution in [3.05, 3.63) is 97.2 Å². The lowest BCUT2D eigenvalue weighted by Gasteiger charge is -2.11. The predicted molar refractivity (Wildman–Crippen MR) is 127 cm³/mol. The van der Waals surface area contributed by atoms with Crippen molar-refractivity contribution in [1.29, 1.82) is 0 Å². The Bertz CT molecular complexity index is 1150. The first kappa shape index (κ1) is 19.6. The van der Waals surface area contributed by atoms with Gasteiger partial charge in [-0.15, -0.1) is 0 Å². The highest BCUT2D eigenvalue weighted by Crippen LogP contribution is 2.33. The molecule has 0 aliphatic carbocycles. The molecule has 4 rings (SSSR count). The van der Waals surface area contributed by atoms with Crippen LogP contribution in [-0.2, 0) is 0 Å². The number of rotatable bonds is 5. The topological polar surface area (TPSA) is 51.3 Å². The van der Waals surface area contributed by atoms with Gasteiger partial charge in [-0.2, -0.15) is 0 Å². The number of aliphatic imine (C=N–C) groups is 1. The van der Waals surface area contributed by atoms with Gasteiger partial charge in [0.25, 0.3) is 0 Å². The van der Waals surface area contributed by atoms with E-state index in [1.54, 1.807) is 0 Å². The smallest absolute Gasteiger partial charge is 0.161 e. The molecule has 0 bridgehead atoms. The molecule has 148 valence electrons. The molecular formula is C27H25N3. The maximum Gasteiger partial charge on any atom is 0.161 e. The first-order chi connectivity index (χ1) is 14.6. The van der Waals surface area contributed by atoms with E-state index in [1.807, 2.05) is 44.3 Å². The fraction of sp³-hybridized carbons (Fsp3) is 0.111. The molecule has 0 fully saturated rings. The fourth-order valence-electron chi connectivity index (χ4n) is 3.27. The third-order valence-corrected chi connectivity index (χ3v) is 5.10. The van der Waals surface area contributed by atoms with Crippen LogP contribution in [0.3, 0.4) is 0 Å². The highest BCUT2D eigenvalue weighted by atomic mass is 15.0. The van der Waals surface area contributed by atoms with E-state index in [4.69, 9.17) is 5.73 Å². The Morgan fingerprint density at radius 1 is 0.700 bits per heavy atom. The molecule has 0 spiro atoms. The summed E-state index contributed by atoms with van der Waals surface area (Å²) in [5.74, 6) is 1.40. The van der Waals surface area contributed by atoms with Gasteiger partial charge in [0.15, 0.2) is 5.82 Å². The molecule has 3 nitrogen and oxygen atoms in total. The summed E-state index contributed by atoms with van der Waals surface area (Å²) in [6.45, 7) is 4.06. The van der Waals surface area contributed by atoms with E-state index >= 15 is 0 Å². The Hall–Kier alpha value is -3.72. The van der Waals surface area contributed by atoms with E-state index in [9.17, 15) is 0 Å². The number of benzene rings is 3. The third kappa shape index (κ3) is 4.31. The minimum atomic E-state index is 0.167. The summed E-state index contributed by atoms with van der Waals surface area (Å²) in [4.78, 5) is 9.27. The lowest BCUT2D eigenvalue weighted by molar-refractivity contribution is 0.871. The number of hydrogen-bond donors (Lipinski definition) is 1. The van der Waals surface area contributed by atoms with Gasteiger partial charge in [0.05, 0.1) is 0 Å². The second-order valence-corrected chi connectivity index (χ2v) is 7.60. The van der Waals surface area contributed by atoms with E-state index in [-0.39, 0.29) is 5.92 Å². The quantitative estimate of drug-likeness (QED) is 0.303. The molecule has 1 aromatic heterocycles. The molecule has 0 atom stereocenters. The Morgan fingerprint density at radius 2 is 1.20 bits per heavy atom. The van der Waals surface area contributed by atoms with Crippen molar-refractivity contribution in [2.24, 2.45) is 16.6 Å². The van der Waals surface area contributed by atoms with Gasteiger partial charge < -0.3 is 5.73 Å². The lowest BCUT2D eigenvalue weighted by atomic mass is 9.98. The molecule has 3 aromatic carbocycles. The van der Waals surface area contributed by atoms with Gasteiger partial charge in [-0.1, -0.05) is 98.8 Å². The Morgan fingerprint density at radius 3 is 1.77 bits per heavy atom. The van der Waals surface area contributed by atoms with Crippen LogP contribution in [-0.4, -0.2) is 10.8 Å². The zero-order chi connectivity index (χ0) is 20.9. The van der Waals surface area contributed by atoms with Crippen molar-refractivity contribution in [1.82, 2.24) is 4.98 Å². The van der Waals surface area contributed by atoms with Gasteiger partial charge in [0.1, 0.15) is 5.84 Å². The molecule has 0 unspecified atom stereocenters. The van der Waals surface area contributed by atoms with Crippen LogP contribution >= 0.6 is 0 Å². The molecule has 0 aliphatic rings. The molecule has 0 amide bonds. The Balaban J connectivity index is 1.75. The maximum atomic E-state index is 6.13. The van der Waals surface area contributed by atoms with Gasteiger partial charge >= 0.3 is 0 Å². The molecule has 1 heterocycles. The lowest BCUT2D eigenvalue weighted by Crippen LogP contribution is -2.18. The largest absolute Gasteiger partial charge is 0.387 e. The maximum absolute atomic E-state index is 6.13. The van der Waals surface area contributed by atoms with Gasteiger partial charge in [0, 0.05) is 23.2 Å². The molecule has 0 aliphatic heterocycles. The molecule has 3 heteroatoms. The van der Waals surface area contributed by atoms with Gasteiger partial charge in [0.2, 0.25) is 0 Å². The van der Waals surface area contributed by atoms with Crippen molar-refractivity contribution in [2.45, 2.75) is 13.8 Å². The van der Waals surface area contributed by atoms with Crippen LogP contribution in [0.2, 0.25) is 0 Å². The summed E-state index contributed by atoms with van der Waals surface area (Å²) < 4.78 is 0. The third-order valence-electron chi connectivity index (χ3n) is 5.10. The van der Waals surface area contributed by atoms with Gasteiger partial charge in [-0.3, -0.25) is 0 Å². The van der Waals surface area contributed by atoms with Crippen LogP contribution in [0, 0.1) is 5.92 Å². The van der Waals surface area contributed by atoms with E-state index in [2.05, 4.69) is 76.7 Å². The molecule has 4 aromatic rings. The second-order valence-electron chi connectivity index (χ2n) is 7.60. The summed E-state index contributed by atoms with van der Waals surface area (Å²) in [6.07, 6.45) is 1.87. The van der Waals surface area contributed by atoms with Crippen LogP contribution in [0.1, 0.15) is 13.8 Å². The number of nitrogens with two attached hydrogens (primary N) is 1. The van der Waals surface area contributed by atoms with E-state index < -0.39 is 0 Å². The van der Waals surface area contributed by atoms with Crippen LogP contribution < -0.4 is 5.73 Å². The highest BCUT2D eigenvalue weighted by Gasteiger charge is 2.11. The highest BCUT2D eigenvalue weighted by molar-refractivity contribution is 5.88. The molecule has 0 saturated carbocycles.